The highest BCUT2D eigenvalue weighted by Crippen LogP contribution is 2.34. The molecular weight excluding hydrogens is 330 g/mol. The fraction of sp³-hybridized carbons (Fsp3) is 0.684. The number of aromatic nitrogens is 2. The highest BCUT2D eigenvalue weighted by molar-refractivity contribution is 5.90. The summed E-state index contributed by atoms with van der Waals surface area (Å²) in [5, 5.41) is 0. The van der Waals surface area contributed by atoms with Crippen LogP contribution in [0.15, 0.2) is 12.4 Å². The van der Waals surface area contributed by atoms with Gasteiger partial charge in [0.2, 0.25) is 11.8 Å². The number of likely N-dealkylation sites (tertiary alicyclic amines) is 1. The van der Waals surface area contributed by atoms with E-state index in [-0.39, 0.29) is 23.8 Å². The lowest BCUT2D eigenvalue weighted by atomic mass is 10.1. The first kappa shape index (κ1) is 17.2. The molecule has 0 spiro atoms. The van der Waals surface area contributed by atoms with Crippen LogP contribution in [0.5, 0.6) is 0 Å². The van der Waals surface area contributed by atoms with Crippen LogP contribution in [0.1, 0.15) is 38.3 Å². The van der Waals surface area contributed by atoms with Crippen molar-refractivity contribution in [3.63, 3.8) is 0 Å². The molecule has 2 saturated heterocycles. The Labute approximate surface area is 154 Å². The molecule has 4 rings (SSSR count). The molecule has 7 heteroatoms. The van der Waals surface area contributed by atoms with Crippen molar-refractivity contribution in [2.75, 3.05) is 37.6 Å². The molecule has 1 saturated carbocycles. The molecule has 1 atom stereocenters. The predicted molar refractivity (Wildman–Crippen MR) is 97.7 cm³/mol. The molecule has 3 fully saturated rings. The quantitative estimate of drug-likeness (QED) is 0.807. The van der Waals surface area contributed by atoms with Crippen molar-refractivity contribution in [1.29, 1.82) is 0 Å². The minimum Gasteiger partial charge on any atom is -0.353 e. The second-order valence-corrected chi connectivity index (χ2v) is 7.50. The van der Waals surface area contributed by atoms with Gasteiger partial charge in [0.15, 0.2) is 0 Å². The Morgan fingerprint density at radius 3 is 2.50 bits per heavy atom. The SMILES string of the molecule is CCc1cc(N2CCN(C(=O)[C@@H]3CCCN3C(=O)C3CC3)CC2)ncn1. The first-order chi connectivity index (χ1) is 12.7. The minimum atomic E-state index is -0.236. The second-order valence-electron chi connectivity index (χ2n) is 7.50. The summed E-state index contributed by atoms with van der Waals surface area (Å²) in [6.45, 7) is 5.74. The normalized spacial score (nSPS) is 23.4. The summed E-state index contributed by atoms with van der Waals surface area (Å²) in [5.74, 6) is 1.46. The molecule has 0 N–H and O–H groups in total. The molecular formula is C19H27N5O2. The van der Waals surface area contributed by atoms with Gasteiger partial charge in [0.1, 0.15) is 18.2 Å². The average Bonchev–Trinajstić information content (AvgIpc) is 3.43. The summed E-state index contributed by atoms with van der Waals surface area (Å²) in [4.78, 5) is 40.1. The molecule has 3 heterocycles. The van der Waals surface area contributed by atoms with Crippen LogP contribution in [0.3, 0.4) is 0 Å². The maximum Gasteiger partial charge on any atom is 0.245 e. The Hall–Kier alpha value is -2.18. The Kier molecular flexibility index (Phi) is 4.78. The van der Waals surface area contributed by atoms with E-state index in [1.165, 1.54) is 0 Å². The van der Waals surface area contributed by atoms with Crippen molar-refractivity contribution in [2.45, 2.75) is 45.1 Å². The van der Waals surface area contributed by atoms with E-state index in [0.717, 1.165) is 63.3 Å². The second kappa shape index (κ2) is 7.21. The number of anilines is 1. The Morgan fingerprint density at radius 2 is 1.81 bits per heavy atom. The first-order valence-corrected chi connectivity index (χ1v) is 9.82. The number of carbonyl (C=O) groups is 2. The highest BCUT2D eigenvalue weighted by Gasteiger charge is 2.42. The summed E-state index contributed by atoms with van der Waals surface area (Å²) < 4.78 is 0. The third kappa shape index (κ3) is 3.39. The summed E-state index contributed by atoms with van der Waals surface area (Å²) in [6, 6.07) is 1.80. The van der Waals surface area contributed by atoms with Gasteiger partial charge in [0, 0.05) is 50.4 Å². The van der Waals surface area contributed by atoms with E-state index in [0.29, 0.717) is 13.1 Å². The summed E-state index contributed by atoms with van der Waals surface area (Å²) >= 11 is 0. The molecule has 140 valence electrons. The van der Waals surface area contributed by atoms with E-state index in [2.05, 4.69) is 21.8 Å². The molecule has 1 aromatic heterocycles. The van der Waals surface area contributed by atoms with Gasteiger partial charge in [-0.25, -0.2) is 9.97 Å². The van der Waals surface area contributed by atoms with Gasteiger partial charge >= 0.3 is 0 Å². The molecule has 0 aromatic carbocycles. The van der Waals surface area contributed by atoms with Crippen molar-refractivity contribution in [1.82, 2.24) is 19.8 Å². The number of nitrogens with zero attached hydrogens (tertiary/aromatic N) is 5. The summed E-state index contributed by atoms with van der Waals surface area (Å²) in [7, 11) is 0. The van der Waals surface area contributed by atoms with Crippen LogP contribution in [0.2, 0.25) is 0 Å². The Morgan fingerprint density at radius 1 is 1.04 bits per heavy atom. The van der Waals surface area contributed by atoms with Crippen LogP contribution >= 0.6 is 0 Å². The number of amides is 2. The molecule has 26 heavy (non-hydrogen) atoms. The molecule has 0 radical (unpaired) electrons. The largest absolute Gasteiger partial charge is 0.353 e. The topological polar surface area (TPSA) is 69.6 Å². The summed E-state index contributed by atoms with van der Waals surface area (Å²) in [6.07, 6.45) is 6.24. The van der Waals surface area contributed by atoms with E-state index in [4.69, 9.17) is 0 Å². The number of rotatable bonds is 4. The fourth-order valence-electron chi connectivity index (χ4n) is 3.97. The van der Waals surface area contributed by atoms with Gasteiger partial charge in [-0.05, 0) is 32.1 Å². The standard InChI is InChI=1S/C19H27N5O2/c1-2-15-12-17(21-13-20-15)22-8-10-23(11-9-22)19(26)16-4-3-7-24(16)18(25)14-5-6-14/h12-14,16H,2-11H2,1H3/t16-/m0/s1. The van der Waals surface area contributed by atoms with Crippen LogP contribution in [0, 0.1) is 5.92 Å². The van der Waals surface area contributed by atoms with E-state index in [1.54, 1.807) is 6.33 Å². The summed E-state index contributed by atoms with van der Waals surface area (Å²) in [5.41, 5.74) is 1.04. The zero-order valence-corrected chi connectivity index (χ0v) is 15.4. The van der Waals surface area contributed by atoms with Gasteiger partial charge < -0.3 is 14.7 Å². The molecule has 0 unspecified atom stereocenters. The highest BCUT2D eigenvalue weighted by atomic mass is 16.2. The predicted octanol–water partition coefficient (Wildman–Crippen LogP) is 1.09. The number of aryl methyl sites for hydroxylation is 1. The minimum absolute atomic E-state index is 0.132. The Bertz CT molecular complexity index is 682. The molecule has 0 bridgehead atoms. The van der Waals surface area contributed by atoms with Gasteiger partial charge in [0.05, 0.1) is 0 Å². The van der Waals surface area contributed by atoms with Crippen molar-refractivity contribution < 1.29 is 9.59 Å². The molecule has 2 amide bonds. The van der Waals surface area contributed by atoms with Crippen molar-refractivity contribution >= 4 is 17.6 Å². The maximum absolute atomic E-state index is 13.0. The molecule has 7 nitrogen and oxygen atoms in total. The first-order valence-electron chi connectivity index (χ1n) is 9.82. The van der Waals surface area contributed by atoms with E-state index < -0.39 is 0 Å². The number of hydrogen-bond donors (Lipinski definition) is 0. The van der Waals surface area contributed by atoms with Gasteiger partial charge in [-0.3, -0.25) is 9.59 Å². The van der Waals surface area contributed by atoms with Crippen molar-refractivity contribution in [3.05, 3.63) is 18.1 Å². The van der Waals surface area contributed by atoms with Crippen LogP contribution in [-0.2, 0) is 16.0 Å². The van der Waals surface area contributed by atoms with Crippen LogP contribution in [-0.4, -0.2) is 70.3 Å². The van der Waals surface area contributed by atoms with Crippen LogP contribution < -0.4 is 4.90 Å². The van der Waals surface area contributed by atoms with Crippen molar-refractivity contribution in [3.8, 4) is 0 Å². The lowest BCUT2D eigenvalue weighted by Crippen LogP contribution is -2.54. The van der Waals surface area contributed by atoms with E-state index in [1.807, 2.05) is 15.9 Å². The van der Waals surface area contributed by atoms with Crippen LogP contribution in [0.25, 0.3) is 0 Å². The van der Waals surface area contributed by atoms with E-state index in [9.17, 15) is 9.59 Å². The third-order valence-electron chi connectivity index (χ3n) is 5.73. The molecule has 2 aliphatic heterocycles. The lowest BCUT2D eigenvalue weighted by Gasteiger charge is -2.37. The fourth-order valence-corrected chi connectivity index (χ4v) is 3.97. The monoisotopic (exact) mass is 357 g/mol. The van der Waals surface area contributed by atoms with E-state index >= 15 is 0 Å². The van der Waals surface area contributed by atoms with Gasteiger partial charge in [-0.1, -0.05) is 6.92 Å². The number of piperazine rings is 1. The maximum atomic E-state index is 13.0. The smallest absolute Gasteiger partial charge is 0.245 e. The number of carbonyl (C=O) groups excluding carboxylic acids is 2. The lowest BCUT2D eigenvalue weighted by molar-refractivity contribution is -0.144. The Balaban J connectivity index is 1.36. The molecule has 3 aliphatic rings. The molecule has 1 aromatic rings. The third-order valence-corrected chi connectivity index (χ3v) is 5.73. The van der Waals surface area contributed by atoms with Crippen LogP contribution in [0.4, 0.5) is 5.82 Å². The van der Waals surface area contributed by atoms with Gasteiger partial charge in [-0.15, -0.1) is 0 Å². The van der Waals surface area contributed by atoms with Crippen molar-refractivity contribution in [2.24, 2.45) is 5.92 Å². The number of hydrogen-bond acceptors (Lipinski definition) is 5. The zero-order chi connectivity index (χ0) is 18.1. The molecule has 1 aliphatic carbocycles. The average molecular weight is 357 g/mol. The zero-order valence-electron chi connectivity index (χ0n) is 15.4. The van der Waals surface area contributed by atoms with Gasteiger partial charge in [0.25, 0.3) is 0 Å². The van der Waals surface area contributed by atoms with Gasteiger partial charge in [-0.2, -0.15) is 0 Å².